The fraction of sp³-hybridized carbons (Fsp3) is 0.800. The van der Waals surface area contributed by atoms with Crippen molar-refractivity contribution in [1.29, 1.82) is 0 Å². The van der Waals surface area contributed by atoms with E-state index < -0.39 is 15.8 Å². The summed E-state index contributed by atoms with van der Waals surface area (Å²) >= 11 is 0. The standard InChI is InChI=1S/C10H19N3O4S/c1-7(2)13(5-9(11)12-15)10(14)8-3-4-18(16,17)6-8/h7-8,15H,3-6H2,1-2H3,(H2,11,12). The SMILES string of the molecule is CC(C)N(CC(N)=NO)C(=O)C1CCS(=O)(=O)C1. The summed E-state index contributed by atoms with van der Waals surface area (Å²) in [5.74, 6) is -0.885. The van der Waals surface area contributed by atoms with Gasteiger partial charge >= 0.3 is 0 Å². The minimum Gasteiger partial charge on any atom is -0.409 e. The van der Waals surface area contributed by atoms with Gasteiger partial charge in [0.15, 0.2) is 15.7 Å². The minimum absolute atomic E-state index is 0.00352. The Hall–Kier alpha value is -1.31. The second kappa shape index (κ2) is 5.55. The van der Waals surface area contributed by atoms with Crippen molar-refractivity contribution in [2.45, 2.75) is 26.3 Å². The Morgan fingerprint density at radius 3 is 2.56 bits per heavy atom. The van der Waals surface area contributed by atoms with Crippen molar-refractivity contribution in [3.05, 3.63) is 0 Å². The summed E-state index contributed by atoms with van der Waals surface area (Å²) in [6, 6.07) is -0.138. The summed E-state index contributed by atoms with van der Waals surface area (Å²) < 4.78 is 22.7. The number of hydrogen-bond acceptors (Lipinski definition) is 5. The maximum Gasteiger partial charge on any atom is 0.227 e. The molecule has 8 heteroatoms. The van der Waals surface area contributed by atoms with Crippen LogP contribution in [0.3, 0.4) is 0 Å². The highest BCUT2D eigenvalue weighted by atomic mass is 32.2. The summed E-state index contributed by atoms with van der Waals surface area (Å²) in [6.07, 6.45) is 0.348. The molecule has 0 aromatic rings. The van der Waals surface area contributed by atoms with Crippen LogP contribution in [-0.4, -0.2) is 54.4 Å². The monoisotopic (exact) mass is 277 g/mol. The smallest absolute Gasteiger partial charge is 0.227 e. The summed E-state index contributed by atoms with van der Waals surface area (Å²) in [4.78, 5) is 13.6. The van der Waals surface area contributed by atoms with Crippen molar-refractivity contribution >= 4 is 21.6 Å². The van der Waals surface area contributed by atoms with E-state index in [1.807, 2.05) is 0 Å². The molecule has 1 aliphatic rings. The first-order chi connectivity index (χ1) is 8.26. The molecule has 1 aliphatic heterocycles. The third-order valence-corrected chi connectivity index (χ3v) is 4.72. The second-order valence-electron chi connectivity index (χ2n) is 4.75. The topological polar surface area (TPSA) is 113 Å². The lowest BCUT2D eigenvalue weighted by Crippen LogP contribution is -2.45. The molecule has 0 saturated carbocycles. The third-order valence-electron chi connectivity index (χ3n) is 2.95. The largest absolute Gasteiger partial charge is 0.409 e. The molecule has 1 rings (SSSR count). The Morgan fingerprint density at radius 1 is 1.56 bits per heavy atom. The van der Waals surface area contributed by atoms with Crippen LogP contribution in [0.5, 0.6) is 0 Å². The molecular weight excluding hydrogens is 258 g/mol. The van der Waals surface area contributed by atoms with E-state index in [1.165, 1.54) is 4.90 Å². The summed E-state index contributed by atoms with van der Waals surface area (Å²) in [7, 11) is -3.09. The van der Waals surface area contributed by atoms with Crippen LogP contribution in [0.25, 0.3) is 0 Å². The quantitative estimate of drug-likeness (QED) is 0.308. The van der Waals surface area contributed by atoms with Crippen LogP contribution in [0.15, 0.2) is 5.16 Å². The molecular formula is C10H19N3O4S. The van der Waals surface area contributed by atoms with Crippen LogP contribution in [0.1, 0.15) is 20.3 Å². The number of sulfone groups is 1. The molecule has 1 heterocycles. The number of amidine groups is 1. The van der Waals surface area contributed by atoms with Gasteiger partial charge < -0.3 is 15.8 Å². The van der Waals surface area contributed by atoms with Gasteiger partial charge in [-0.05, 0) is 20.3 Å². The number of oxime groups is 1. The van der Waals surface area contributed by atoms with Gasteiger partial charge in [-0.25, -0.2) is 8.42 Å². The first-order valence-corrected chi connectivity index (χ1v) is 7.56. The molecule has 0 bridgehead atoms. The van der Waals surface area contributed by atoms with Crippen molar-refractivity contribution in [3.8, 4) is 0 Å². The molecule has 0 aliphatic carbocycles. The van der Waals surface area contributed by atoms with Gasteiger partial charge in [-0.2, -0.15) is 0 Å². The molecule has 0 aromatic carbocycles. The Bertz CT molecular complexity index is 444. The van der Waals surface area contributed by atoms with Crippen molar-refractivity contribution in [2.24, 2.45) is 16.8 Å². The van der Waals surface area contributed by atoms with E-state index in [1.54, 1.807) is 13.8 Å². The molecule has 104 valence electrons. The lowest BCUT2D eigenvalue weighted by atomic mass is 10.1. The highest BCUT2D eigenvalue weighted by Crippen LogP contribution is 2.21. The predicted octanol–water partition coefficient (Wildman–Crippen LogP) is -0.595. The zero-order chi connectivity index (χ0) is 13.9. The van der Waals surface area contributed by atoms with E-state index in [9.17, 15) is 13.2 Å². The summed E-state index contributed by atoms with van der Waals surface area (Å²) in [5, 5.41) is 11.4. The molecule has 0 aromatic heterocycles. The van der Waals surface area contributed by atoms with Gasteiger partial charge in [-0.1, -0.05) is 5.16 Å². The number of hydrogen-bond donors (Lipinski definition) is 2. The number of rotatable bonds is 4. The van der Waals surface area contributed by atoms with Crippen LogP contribution in [0.4, 0.5) is 0 Å². The molecule has 0 radical (unpaired) electrons. The van der Waals surface area contributed by atoms with E-state index in [4.69, 9.17) is 10.9 Å². The number of amides is 1. The van der Waals surface area contributed by atoms with E-state index in [2.05, 4.69) is 5.16 Å². The fourth-order valence-electron chi connectivity index (χ4n) is 1.95. The van der Waals surface area contributed by atoms with Crippen molar-refractivity contribution in [1.82, 2.24) is 4.90 Å². The Kier molecular flexibility index (Phi) is 4.55. The lowest BCUT2D eigenvalue weighted by molar-refractivity contribution is -0.135. The predicted molar refractivity (Wildman–Crippen MR) is 67.0 cm³/mol. The molecule has 7 nitrogen and oxygen atoms in total. The number of nitrogens with zero attached hydrogens (tertiary/aromatic N) is 2. The first kappa shape index (κ1) is 14.7. The summed E-state index contributed by atoms with van der Waals surface area (Å²) in [5.41, 5.74) is 5.39. The van der Waals surface area contributed by atoms with Gasteiger partial charge in [-0.15, -0.1) is 0 Å². The van der Waals surface area contributed by atoms with E-state index in [0.717, 1.165) is 0 Å². The molecule has 3 N–H and O–H groups in total. The van der Waals surface area contributed by atoms with Gasteiger partial charge in [0.05, 0.1) is 24.0 Å². The normalized spacial score (nSPS) is 23.3. The molecule has 1 unspecified atom stereocenters. The molecule has 0 spiro atoms. The molecule has 18 heavy (non-hydrogen) atoms. The van der Waals surface area contributed by atoms with Crippen LogP contribution in [0, 0.1) is 5.92 Å². The van der Waals surface area contributed by atoms with Crippen molar-refractivity contribution < 1.29 is 18.4 Å². The Balaban J connectivity index is 2.78. The zero-order valence-corrected chi connectivity index (χ0v) is 11.4. The Labute approximate surface area is 107 Å². The van der Waals surface area contributed by atoms with Gasteiger partial charge in [0.25, 0.3) is 0 Å². The molecule has 1 amide bonds. The van der Waals surface area contributed by atoms with E-state index in [0.29, 0.717) is 6.42 Å². The minimum atomic E-state index is -3.09. The number of carbonyl (C=O) groups is 1. The van der Waals surface area contributed by atoms with Gasteiger partial charge in [0, 0.05) is 6.04 Å². The maximum absolute atomic E-state index is 12.2. The fourth-order valence-corrected chi connectivity index (χ4v) is 3.68. The Morgan fingerprint density at radius 2 is 2.17 bits per heavy atom. The average molecular weight is 277 g/mol. The molecule has 1 fully saturated rings. The highest BCUT2D eigenvalue weighted by Gasteiger charge is 2.36. The third kappa shape index (κ3) is 3.59. The first-order valence-electron chi connectivity index (χ1n) is 5.74. The van der Waals surface area contributed by atoms with E-state index >= 15 is 0 Å². The molecule has 1 atom stereocenters. The number of nitrogens with two attached hydrogens (primary N) is 1. The van der Waals surface area contributed by atoms with Crippen LogP contribution >= 0.6 is 0 Å². The second-order valence-corrected chi connectivity index (χ2v) is 6.98. The summed E-state index contributed by atoms with van der Waals surface area (Å²) in [6.45, 7) is 3.60. The maximum atomic E-state index is 12.2. The van der Waals surface area contributed by atoms with E-state index in [-0.39, 0.29) is 35.8 Å². The zero-order valence-electron chi connectivity index (χ0n) is 10.5. The average Bonchev–Trinajstić information content (AvgIpc) is 2.64. The van der Waals surface area contributed by atoms with Gasteiger partial charge in [0.1, 0.15) is 0 Å². The van der Waals surface area contributed by atoms with Crippen LogP contribution < -0.4 is 5.73 Å². The van der Waals surface area contributed by atoms with Crippen LogP contribution in [-0.2, 0) is 14.6 Å². The van der Waals surface area contributed by atoms with Gasteiger partial charge in [-0.3, -0.25) is 4.79 Å². The van der Waals surface area contributed by atoms with Gasteiger partial charge in [0.2, 0.25) is 5.91 Å². The van der Waals surface area contributed by atoms with Crippen molar-refractivity contribution in [3.63, 3.8) is 0 Å². The van der Waals surface area contributed by atoms with Crippen molar-refractivity contribution in [2.75, 3.05) is 18.1 Å². The highest BCUT2D eigenvalue weighted by molar-refractivity contribution is 7.91. The molecule has 1 saturated heterocycles. The lowest BCUT2D eigenvalue weighted by Gasteiger charge is -2.28. The number of carbonyl (C=O) groups excluding carboxylic acids is 1. The van der Waals surface area contributed by atoms with Crippen LogP contribution in [0.2, 0.25) is 0 Å².